The normalized spacial score (nSPS) is 24.1. The number of fused-ring (bicyclic) bond motifs is 3. The van der Waals surface area contributed by atoms with Crippen LogP contribution in [0.4, 0.5) is 5.69 Å². The minimum Gasteiger partial charge on any atom is -0.432 e. The van der Waals surface area contributed by atoms with Crippen molar-refractivity contribution in [2.24, 2.45) is 5.92 Å². The van der Waals surface area contributed by atoms with Gasteiger partial charge in [-0.05, 0) is 43.8 Å². The molecule has 41 heavy (non-hydrogen) atoms. The molecule has 0 bridgehead atoms. The van der Waals surface area contributed by atoms with Crippen LogP contribution >= 0.6 is 0 Å². The minimum absolute atomic E-state index is 0.00524. The summed E-state index contributed by atoms with van der Waals surface area (Å²) in [6.07, 6.45) is 4.00. The largest absolute Gasteiger partial charge is 0.432 e. The Balaban J connectivity index is 1.41. The number of aryl methyl sites for hydroxylation is 1. The second kappa shape index (κ2) is 9.98. The van der Waals surface area contributed by atoms with Crippen molar-refractivity contribution >= 4 is 30.7 Å². The summed E-state index contributed by atoms with van der Waals surface area (Å²) in [6.45, 7) is 6.24. The van der Waals surface area contributed by atoms with Gasteiger partial charge in [-0.3, -0.25) is 14.3 Å². The number of aliphatic hydroxyl groups excluding tert-OH is 1. The van der Waals surface area contributed by atoms with Crippen molar-refractivity contribution in [1.29, 1.82) is 0 Å². The second-order valence-corrected chi connectivity index (χ2v) is 15.6. The molecule has 0 aliphatic carbocycles. The van der Waals surface area contributed by atoms with Crippen molar-refractivity contribution in [2.75, 3.05) is 18.6 Å². The van der Waals surface area contributed by atoms with Gasteiger partial charge < -0.3 is 19.5 Å². The fourth-order valence-corrected chi connectivity index (χ4v) is 9.39. The average Bonchev–Trinajstić information content (AvgIpc) is 3.58. The third-order valence-corrected chi connectivity index (χ3v) is 11.1. The molecule has 2 aliphatic rings. The lowest BCUT2D eigenvalue weighted by atomic mass is 9.82. The minimum atomic E-state index is -2.82. The van der Waals surface area contributed by atoms with Crippen LogP contribution in [0.2, 0.25) is 18.6 Å². The number of carbonyl (C=O) groups excluding carboxylic acids is 1. The Morgan fingerprint density at radius 2 is 1.93 bits per heavy atom. The van der Waals surface area contributed by atoms with Gasteiger partial charge in [0.05, 0.1) is 34.8 Å². The summed E-state index contributed by atoms with van der Waals surface area (Å²) < 4.78 is 9.87. The van der Waals surface area contributed by atoms with Crippen LogP contribution in [-0.4, -0.2) is 68.7 Å². The molecule has 0 unspecified atom stereocenters. The van der Waals surface area contributed by atoms with Gasteiger partial charge >= 0.3 is 0 Å². The number of aromatic nitrogens is 5. The van der Waals surface area contributed by atoms with Crippen LogP contribution in [0.5, 0.6) is 0 Å². The van der Waals surface area contributed by atoms with Crippen molar-refractivity contribution in [1.82, 2.24) is 24.8 Å². The van der Waals surface area contributed by atoms with Crippen molar-refractivity contribution in [3.05, 3.63) is 76.5 Å². The highest BCUT2D eigenvalue weighted by Gasteiger charge is 2.65. The lowest BCUT2D eigenvalue weighted by Gasteiger charge is -2.32. The molecule has 214 valence electrons. The zero-order valence-electron chi connectivity index (χ0n) is 23.6. The first kappa shape index (κ1) is 27.5. The molecule has 0 saturated carbocycles. The van der Waals surface area contributed by atoms with Gasteiger partial charge in [-0.25, -0.2) is 0 Å². The number of amides is 1. The van der Waals surface area contributed by atoms with E-state index in [2.05, 4.69) is 15.4 Å². The SMILES string of the molecule is C[C@@H]1[C@@H]([Si](C)(C)O)[C@H](CCn2cc(CCO)nn2)O[C@@]12C(=O)N(C)c1ccc(-n3ncc4ccccc4c3=O)cc12. The Bertz CT molecular complexity index is 1700. The molecule has 2 aromatic heterocycles. The zero-order chi connectivity index (χ0) is 29.1. The fourth-order valence-electron chi connectivity index (χ4n) is 6.78. The Morgan fingerprint density at radius 3 is 2.68 bits per heavy atom. The van der Waals surface area contributed by atoms with Crippen LogP contribution in [0.25, 0.3) is 16.5 Å². The third-order valence-electron chi connectivity index (χ3n) is 8.63. The van der Waals surface area contributed by atoms with Crippen LogP contribution in [0, 0.1) is 5.92 Å². The Kier molecular flexibility index (Phi) is 6.68. The van der Waals surface area contributed by atoms with Crippen molar-refractivity contribution in [3.8, 4) is 5.69 Å². The number of nitrogens with zero attached hydrogens (tertiary/aromatic N) is 6. The highest BCUT2D eigenvalue weighted by Crippen LogP contribution is 2.59. The van der Waals surface area contributed by atoms with E-state index < -0.39 is 20.0 Å². The summed E-state index contributed by atoms with van der Waals surface area (Å²) in [5.41, 5.74) is 0.823. The van der Waals surface area contributed by atoms with Gasteiger partial charge in [0.2, 0.25) is 0 Å². The molecule has 11 nitrogen and oxygen atoms in total. The molecular weight excluding hydrogens is 540 g/mol. The van der Waals surface area contributed by atoms with Gasteiger partial charge in [-0.2, -0.15) is 9.78 Å². The summed E-state index contributed by atoms with van der Waals surface area (Å²) >= 11 is 0. The molecule has 1 fully saturated rings. The number of aliphatic hydroxyl groups is 1. The summed E-state index contributed by atoms with van der Waals surface area (Å²) in [5, 5.41) is 23.2. The maximum atomic E-state index is 14.1. The van der Waals surface area contributed by atoms with Gasteiger partial charge in [0, 0.05) is 55.2 Å². The molecule has 1 spiro atoms. The van der Waals surface area contributed by atoms with Gasteiger partial charge in [0.15, 0.2) is 13.9 Å². The molecule has 12 heteroatoms. The van der Waals surface area contributed by atoms with E-state index in [1.165, 1.54) is 4.68 Å². The van der Waals surface area contributed by atoms with Crippen LogP contribution in [0.3, 0.4) is 0 Å². The lowest BCUT2D eigenvalue weighted by molar-refractivity contribution is -0.145. The van der Waals surface area contributed by atoms with Crippen LogP contribution in [-0.2, 0) is 28.1 Å². The van der Waals surface area contributed by atoms with Crippen molar-refractivity contribution in [2.45, 2.75) is 56.7 Å². The van der Waals surface area contributed by atoms with Crippen molar-refractivity contribution < 1.29 is 19.4 Å². The molecule has 4 aromatic rings. The topological polar surface area (TPSA) is 136 Å². The number of likely N-dealkylation sites (N-methyl/N-ethyl adjacent to an activating group) is 1. The highest BCUT2D eigenvalue weighted by atomic mass is 28.4. The van der Waals surface area contributed by atoms with Gasteiger partial charge in [0.25, 0.3) is 11.5 Å². The molecule has 0 radical (unpaired) electrons. The number of anilines is 1. The highest BCUT2D eigenvalue weighted by molar-refractivity contribution is 6.71. The molecule has 4 heterocycles. The van der Waals surface area contributed by atoms with Crippen LogP contribution < -0.4 is 10.5 Å². The lowest BCUT2D eigenvalue weighted by Crippen LogP contribution is -2.45. The molecule has 2 N–H and O–H groups in total. The molecule has 6 rings (SSSR count). The van der Waals surface area contributed by atoms with Gasteiger partial charge in [-0.15, -0.1) is 5.10 Å². The number of ether oxygens (including phenoxy) is 1. The van der Waals surface area contributed by atoms with E-state index >= 15 is 0 Å². The third kappa shape index (κ3) is 4.33. The number of benzene rings is 2. The smallest absolute Gasteiger partial charge is 0.279 e. The van der Waals surface area contributed by atoms with E-state index in [0.717, 1.165) is 5.39 Å². The fraction of sp³-hybridized carbons (Fsp3) is 0.414. The Morgan fingerprint density at radius 1 is 1.15 bits per heavy atom. The molecule has 1 saturated heterocycles. The van der Waals surface area contributed by atoms with E-state index in [9.17, 15) is 19.5 Å². The number of carbonyl (C=O) groups is 1. The number of hydrogen-bond donors (Lipinski definition) is 2. The van der Waals surface area contributed by atoms with Crippen LogP contribution in [0.1, 0.15) is 24.6 Å². The molecule has 1 amide bonds. The quantitative estimate of drug-likeness (QED) is 0.321. The molecule has 2 aliphatic heterocycles. The van der Waals surface area contributed by atoms with Crippen molar-refractivity contribution in [3.63, 3.8) is 0 Å². The molecular formula is C29H34N6O5Si. The molecule has 2 aromatic carbocycles. The summed E-state index contributed by atoms with van der Waals surface area (Å²) in [4.78, 5) is 40.5. The van der Waals surface area contributed by atoms with E-state index in [1.54, 1.807) is 41.2 Å². The average molecular weight is 575 g/mol. The van der Waals surface area contributed by atoms with Gasteiger partial charge in [-0.1, -0.05) is 30.3 Å². The predicted molar refractivity (Wildman–Crippen MR) is 155 cm³/mol. The molecule has 4 atom stereocenters. The Hall–Kier alpha value is -3.71. The summed E-state index contributed by atoms with van der Waals surface area (Å²) in [6, 6.07) is 12.8. The first-order valence-electron chi connectivity index (χ1n) is 13.9. The van der Waals surface area contributed by atoms with E-state index in [-0.39, 0.29) is 29.5 Å². The monoisotopic (exact) mass is 574 g/mol. The van der Waals surface area contributed by atoms with Gasteiger partial charge in [0.1, 0.15) is 0 Å². The maximum Gasteiger partial charge on any atom is 0.279 e. The summed E-state index contributed by atoms with van der Waals surface area (Å²) in [7, 11) is -1.09. The first-order valence-corrected chi connectivity index (χ1v) is 16.9. The first-order chi connectivity index (χ1) is 19.6. The van der Waals surface area contributed by atoms with E-state index in [0.29, 0.717) is 47.4 Å². The maximum absolute atomic E-state index is 14.1. The number of hydrogen-bond acceptors (Lipinski definition) is 8. The predicted octanol–water partition coefficient (Wildman–Crippen LogP) is 2.38. The van der Waals surface area contributed by atoms with E-state index in [1.807, 2.05) is 50.3 Å². The Labute approximate surface area is 238 Å². The standard InChI is InChI=1S/C29H34N6O5Si/c1-18-26(41(3,4)39)25(11-13-34-17-20(12-14-36)31-32-34)40-29(18)23-15-21(9-10-24(23)33(2)28(29)38)35-27(37)22-8-6-5-7-19(22)16-30-35/h5-10,15-18,25-26,36,39H,11-14H2,1-4H3/t18-,25+,26-,29+/m1/s1. The number of rotatable bonds is 7. The summed E-state index contributed by atoms with van der Waals surface area (Å²) in [5.74, 6) is -0.514. The second-order valence-electron chi connectivity index (χ2n) is 11.6. The van der Waals surface area contributed by atoms with E-state index in [4.69, 9.17) is 4.74 Å². The zero-order valence-corrected chi connectivity index (χ0v) is 24.6. The van der Waals surface area contributed by atoms with Crippen LogP contribution in [0.15, 0.2) is 59.7 Å².